The summed E-state index contributed by atoms with van der Waals surface area (Å²) in [5.74, 6) is -1.97. The number of ether oxygens (including phenoxy) is 1. The second-order valence-corrected chi connectivity index (χ2v) is 6.13. The van der Waals surface area contributed by atoms with Crippen LogP contribution < -0.4 is 0 Å². The number of carbonyl (C=O) groups excluding carboxylic acids is 1. The average Bonchev–Trinajstić information content (AvgIpc) is 2.84. The topological polar surface area (TPSA) is 114 Å². The Morgan fingerprint density at radius 2 is 2.16 bits per heavy atom. The Kier molecular flexibility index (Phi) is 4.97. The van der Waals surface area contributed by atoms with Gasteiger partial charge in [0.1, 0.15) is 4.90 Å². The molecule has 0 bridgehead atoms. The highest BCUT2D eigenvalue weighted by molar-refractivity contribution is 7.89. The van der Waals surface area contributed by atoms with Gasteiger partial charge in [-0.25, -0.2) is 17.5 Å². The number of sulfonamides is 1. The Hall–Kier alpha value is -1.52. The number of carboxylic acids is 1. The molecule has 0 fully saturated rings. The molecule has 19 heavy (non-hydrogen) atoms. The minimum Gasteiger partial charge on any atom is -0.481 e. The number of methoxy groups -OCH3 is 1. The fourth-order valence-corrected chi connectivity index (χ4v) is 3.44. The molecule has 0 saturated carbocycles. The predicted octanol–water partition coefficient (Wildman–Crippen LogP) is 0.0249. The standard InChI is InChI=1S/C9H12N2O6S2/c1-11(4-3-7(12)13)19(15,16)6-5-18-10-8(6)9(14)17-2/h5H,3-4H2,1-2H3,(H,12,13). The van der Waals surface area contributed by atoms with E-state index in [0.717, 1.165) is 22.9 Å². The minimum atomic E-state index is -3.96. The van der Waals surface area contributed by atoms with E-state index in [0.29, 0.717) is 0 Å². The lowest BCUT2D eigenvalue weighted by molar-refractivity contribution is -0.137. The summed E-state index contributed by atoms with van der Waals surface area (Å²) in [5.41, 5.74) is -0.297. The highest BCUT2D eigenvalue weighted by atomic mass is 32.2. The first-order chi connectivity index (χ1) is 8.80. The summed E-state index contributed by atoms with van der Waals surface area (Å²) in [5, 5.41) is 9.74. The van der Waals surface area contributed by atoms with Crippen molar-refractivity contribution in [2.45, 2.75) is 11.3 Å². The maximum Gasteiger partial charge on any atom is 0.359 e. The van der Waals surface area contributed by atoms with E-state index in [4.69, 9.17) is 5.11 Å². The summed E-state index contributed by atoms with van der Waals surface area (Å²) in [6.07, 6.45) is -0.332. The Labute approximate surface area is 113 Å². The van der Waals surface area contributed by atoms with Crippen molar-refractivity contribution in [1.29, 1.82) is 0 Å². The highest BCUT2D eigenvalue weighted by Crippen LogP contribution is 2.21. The number of carbonyl (C=O) groups is 2. The lowest BCUT2D eigenvalue weighted by Crippen LogP contribution is -2.30. The van der Waals surface area contributed by atoms with Crippen molar-refractivity contribution in [3.63, 3.8) is 0 Å². The number of rotatable bonds is 6. The monoisotopic (exact) mass is 308 g/mol. The summed E-state index contributed by atoms with van der Waals surface area (Å²) < 4.78 is 33.2. The molecule has 0 amide bonds. The van der Waals surface area contributed by atoms with Crippen LogP contribution in [-0.4, -0.2) is 54.8 Å². The lowest BCUT2D eigenvalue weighted by Gasteiger charge is -2.15. The van der Waals surface area contributed by atoms with Crippen molar-refractivity contribution >= 4 is 33.5 Å². The van der Waals surface area contributed by atoms with Crippen molar-refractivity contribution in [2.75, 3.05) is 20.7 Å². The maximum absolute atomic E-state index is 12.1. The van der Waals surface area contributed by atoms with Gasteiger partial charge in [-0.15, -0.1) is 0 Å². The third-order valence-electron chi connectivity index (χ3n) is 2.24. The lowest BCUT2D eigenvalue weighted by atomic mass is 10.4. The minimum absolute atomic E-state index is 0.200. The van der Waals surface area contributed by atoms with E-state index in [1.54, 1.807) is 0 Å². The van der Waals surface area contributed by atoms with Gasteiger partial charge in [-0.05, 0) is 11.5 Å². The molecule has 0 radical (unpaired) electrons. The molecule has 1 rings (SSSR count). The molecule has 0 unspecified atom stereocenters. The molecule has 0 aliphatic heterocycles. The summed E-state index contributed by atoms with van der Waals surface area (Å²) in [4.78, 5) is 21.5. The van der Waals surface area contributed by atoms with Crippen LogP contribution in [0.15, 0.2) is 10.3 Å². The zero-order valence-corrected chi connectivity index (χ0v) is 11.8. The van der Waals surface area contributed by atoms with Crippen LogP contribution in [0.5, 0.6) is 0 Å². The molecule has 106 valence electrons. The van der Waals surface area contributed by atoms with Gasteiger partial charge in [0, 0.05) is 19.0 Å². The zero-order valence-electron chi connectivity index (χ0n) is 10.2. The number of carboxylic acid groups (broad SMARTS) is 1. The number of aromatic nitrogens is 1. The van der Waals surface area contributed by atoms with Crippen LogP contribution in [0.4, 0.5) is 0 Å². The molecule has 0 saturated heterocycles. The number of esters is 1. The summed E-state index contributed by atoms with van der Waals surface area (Å²) >= 11 is 0.806. The quantitative estimate of drug-likeness (QED) is 0.737. The van der Waals surface area contributed by atoms with Gasteiger partial charge >= 0.3 is 11.9 Å². The number of hydrogen-bond donors (Lipinski definition) is 1. The van der Waals surface area contributed by atoms with E-state index in [1.807, 2.05) is 0 Å². The summed E-state index contributed by atoms with van der Waals surface area (Å²) in [7, 11) is -1.61. The van der Waals surface area contributed by atoms with Gasteiger partial charge in [-0.3, -0.25) is 4.79 Å². The van der Waals surface area contributed by atoms with Gasteiger partial charge in [0.2, 0.25) is 10.0 Å². The Bertz CT molecular complexity index is 579. The first-order valence-corrected chi connectivity index (χ1v) is 7.29. The first-order valence-electron chi connectivity index (χ1n) is 5.01. The van der Waals surface area contributed by atoms with Crippen molar-refractivity contribution in [3.05, 3.63) is 11.1 Å². The molecule has 0 spiro atoms. The molecular formula is C9H12N2O6S2. The third kappa shape index (κ3) is 3.49. The van der Waals surface area contributed by atoms with Gasteiger partial charge < -0.3 is 9.84 Å². The molecule has 1 N–H and O–H groups in total. The number of aliphatic carboxylic acids is 1. The number of hydrogen-bond acceptors (Lipinski definition) is 7. The van der Waals surface area contributed by atoms with E-state index in [2.05, 4.69) is 9.11 Å². The SMILES string of the molecule is COC(=O)c1nscc1S(=O)(=O)N(C)CCC(=O)O. The van der Waals surface area contributed by atoms with Crippen molar-refractivity contribution in [2.24, 2.45) is 0 Å². The average molecular weight is 308 g/mol. The maximum atomic E-state index is 12.1. The summed E-state index contributed by atoms with van der Waals surface area (Å²) in [6, 6.07) is 0. The largest absolute Gasteiger partial charge is 0.481 e. The molecular weight excluding hydrogens is 296 g/mol. The first kappa shape index (κ1) is 15.5. The highest BCUT2D eigenvalue weighted by Gasteiger charge is 2.29. The van der Waals surface area contributed by atoms with Gasteiger partial charge in [0.05, 0.1) is 13.5 Å². The molecule has 1 aromatic rings. The molecule has 1 heterocycles. The van der Waals surface area contributed by atoms with Crippen LogP contribution in [0.25, 0.3) is 0 Å². The van der Waals surface area contributed by atoms with Crippen LogP contribution >= 0.6 is 11.5 Å². The van der Waals surface area contributed by atoms with E-state index < -0.39 is 22.0 Å². The van der Waals surface area contributed by atoms with Crippen LogP contribution in [0.3, 0.4) is 0 Å². The van der Waals surface area contributed by atoms with E-state index in [9.17, 15) is 18.0 Å². The Balaban J connectivity index is 3.04. The molecule has 0 aliphatic rings. The number of nitrogens with zero attached hydrogens (tertiary/aromatic N) is 2. The Morgan fingerprint density at radius 1 is 1.53 bits per heavy atom. The normalized spacial score (nSPS) is 11.5. The molecule has 0 atom stereocenters. The molecule has 0 aromatic carbocycles. The van der Waals surface area contributed by atoms with Gasteiger partial charge in [0.25, 0.3) is 0 Å². The molecule has 10 heteroatoms. The smallest absolute Gasteiger partial charge is 0.359 e. The molecule has 0 aliphatic carbocycles. The van der Waals surface area contributed by atoms with E-state index >= 15 is 0 Å². The fraction of sp³-hybridized carbons (Fsp3) is 0.444. The van der Waals surface area contributed by atoms with Gasteiger partial charge in [-0.2, -0.15) is 4.37 Å². The third-order valence-corrected chi connectivity index (χ3v) is 4.89. The van der Waals surface area contributed by atoms with Gasteiger partial charge in [-0.1, -0.05) is 0 Å². The molecule has 8 nitrogen and oxygen atoms in total. The van der Waals surface area contributed by atoms with Crippen LogP contribution in [0.1, 0.15) is 16.9 Å². The fourth-order valence-electron chi connectivity index (χ4n) is 1.19. The van der Waals surface area contributed by atoms with Gasteiger partial charge in [0.15, 0.2) is 5.69 Å². The predicted molar refractivity (Wildman–Crippen MR) is 65.5 cm³/mol. The van der Waals surface area contributed by atoms with Crippen molar-refractivity contribution in [1.82, 2.24) is 8.68 Å². The van der Waals surface area contributed by atoms with E-state index in [-0.39, 0.29) is 23.6 Å². The zero-order chi connectivity index (χ0) is 14.6. The van der Waals surface area contributed by atoms with Crippen LogP contribution in [0.2, 0.25) is 0 Å². The van der Waals surface area contributed by atoms with Crippen molar-refractivity contribution < 1.29 is 27.9 Å². The second-order valence-electron chi connectivity index (χ2n) is 3.49. The summed E-state index contributed by atoms with van der Waals surface area (Å²) in [6.45, 7) is -0.200. The Morgan fingerprint density at radius 3 is 2.68 bits per heavy atom. The van der Waals surface area contributed by atoms with Crippen molar-refractivity contribution in [3.8, 4) is 0 Å². The van der Waals surface area contributed by atoms with Crippen LogP contribution in [-0.2, 0) is 19.6 Å². The van der Waals surface area contributed by atoms with E-state index in [1.165, 1.54) is 12.4 Å². The molecule has 1 aromatic heterocycles. The second kappa shape index (κ2) is 6.08. The van der Waals surface area contributed by atoms with Crippen LogP contribution in [0, 0.1) is 0 Å².